The second-order valence-corrected chi connectivity index (χ2v) is 8.01. The molecule has 1 aliphatic rings. The molecule has 0 aliphatic carbocycles. The summed E-state index contributed by atoms with van der Waals surface area (Å²) in [5, 5.41) is 13.7. The number of hydrogen-bond acceptors (Lipinski definition) is 8. The topological polar surface area (TPSA) is 123 Å². The third kappa shape index (κ3) is 4.92. The van der Waals surface area contributed by atoms with E-state index in [1.54, 1.807) is 12.1 Å². The Bertz CT molecular complexity index is 1180. The Morgan fingerprint density at radius 3 is 2.91 bits per heavy atom. The standard InChI is InChI=1S/C22H23ClFN5O4/c1-32-15-6-18-21(22(27-11-26-18)28-12-2-3-17(24)16(23)4-12)19(7-15)33-10-13-5-14(30)9-29(13)20(31)8-25/h2-4,6-7,11,13-14,30H,5,8-10,25H2,1H3,(H,26,27,28)/t13-,14+/m1/s1. The molecule has 33 heavy (non-hydrogen) atoms. The number of nitrogens with two attached hydrogens (primary N) is 1. The molecular weight excluding hydrogens is 453 g/mol. The van der Waals surface area contributed by atoms with E-state index in [-0.39, 0.29) is 36.7 Å². The van der Waals surface area contributed by atoms with E-state index in [0.29, 0.717) is 40.3 Å². The van der Waals surface area contributed by atoms with E-state index in [4.69, 9.17) is 26.8 Å². The number of carbonyl (C=O) groups excluding carboxylic acids is 1. The van der Waals surface area contributed by atoms with Crippen LogP contribution in [0.5, 0.6) is 11.5 Å². The third-order valence-corrected chi connectivity index (χ3v) is 5.70. The number of benzene rings is 2. The maximum atomic E-state index is 13.6. The zero-order chi connectivity index (χ0) is 23.5. The molecule has 0 radical (unpaired) electrons. The minimum Gasteiger partial charge on any atom is -0.497 e. The number of carbonyl (C=O) groups is 1. The molecular formula is C22H23ClFN5O4. The average Bonchev–Trinajstić information content (AvgIpc) is 3.19. The maximum absolute atomic E-state index is 13.6. The van der Waals surface area contributed by atoms with Gasteiger partial charge in [0.15, 0.2) is 0 Å². The van der Waals surface area contributed by atoms with Crippen LogP contribution in [0, 0.1) is 5.82 Å². The second-order valence-electron chi connectivity index (χ2n) is 7.60. The molecule has 0 unspecified atom stereocenters. The number of halogens is 2. The number of rotatable bonds is 7. The van der Waals surface area contributed by atoms with E-state index >= 15 is 0 Å². The molecule has 1 aromatic heterocycles. The van der Waals surface area contributed by atoms with Crippen LogP contribution in [0.25, 0.3) is 10.9 Å². The van der Waals surface area contributed by atoms with Crippen LogP contribution in [-0.2, 0) is 4.79 Å². The first-order chi connectivity index (χ1) is 15.9. The SMILES string of the molecule is COc1cc(OC[C@H]2C[C@H](O)CN2C(=O)CN)c2c(Nc3ccc(F)c(Cl)c3)ncnc2c1. The Morgan fingerprint density at radius 1 is 1.36 bits per heavy atom. The molecule has 1 amide bonds. The summed E-state index contributed by atoms with van der Waals surface area (Å²) >= 11 is 5.90. The second kappa shape index (κ2) is 9.74. The average molecular weight is 476 g/mol. The van der Waals surface area contributed by atoms with Gasteiger partial charge in [-0.05, 0) is 24.6 Å². The number of nitrogens with one attached hydrogen (secondary N) is 1. The normalized spacial score (nSPS) is 17.9. The Balaban J connectivity index is 1.67. The van der Waals surface area contributed by atoms with E-state index in [2.05, 4.69) is 15.3 Å². The van der Waals surface area contributed by atoms with Crippen molar-refractivity contribution in [2.24, 2.45) is 5.73 Å². The molecule has 4 N–H and O–H groups in total. The zero-order valence-electron chi connectivity index (χ0n) is 17.8. The highest BCUT2D eigenvalue weighted by molar-refractivity contribution is 6.31. The lowest BCUT2D eigenvalue weighted by molar-refractivity contribution is -0.131. The molecule has 2 aromatic carbocycles. The third-order valence-electron chi connectivity index (χ3n) is 5.41. The highest BCUT2D eigenvalue weighted by Gasteiger charge is 2.34. The molecule has 4 rings (SSSR count). The van der Waals surface area contributed by atoms with Crippen LogP contribution in [-0.4, -0.2) is 64.8 Å². The van der Waals surface area contributed by atoms with Gasteiger partial charge in [-0.2, -0.15) is 0 Å². The van der Waals surface area contributed by atoms with Crippen LogP contribution in [0.4, 0.5) is 15.9 Å². The van der Waals surface area contributed by atoms with Crippen LogP contribution >= 0.6 is 11.6 Å². The number of methoxy groups -OCH3 is 1. The molecule has 0 saturated carbocycles. The van der Waals surface area contributed by atoms with Gasteiger partial charge in [-0.1, -0.05) is 11.6 Å². The van der Waals surface area contributed by atoms with Gasteiger partial charge in [0.05, 0.1) is 41.7 Å². The zero-order valence-corrected chi connectivity index (χ0v) is 18.6. The van der Waals surface area contributed by atoms with Crippen molar-refractivity contribution < 1.29 is 23.8 Å². The van der Waals surface area contributed by atoms with Gasteiger partial charge in [0, 0.05) is 24.4 Å². The molecule has 11 heteroatoms. The lowest BCUT2D eigenvalue weighted by Crippen LogP contribution is -2.42. The number of aromatic nitrogens is 2. The van der Waals surface area contributed by atoms with Crippen molar-refractivity contribution in [3.05, 3.63) is 47.5 Å². The quantitative estimate of drug-likeness (QED) is 0.476. The fraction of sp³-hybridized carbons (Fsp3) is 0.318. The van der Waals surface area contributed by atoms with Crippen molar-refractivity contribution in [1.29, 1.82) is 0 Å². The van der Waals surface area contributed by atoms with Crippen LogP contribution in [0.2, 0.25) is 5.02 Å². The monoisotopic (exact) mass is 475 g/mol. The van der Waals surface area contributed by atoms with Gasteiger partial charge in [0.2, 0.25) is 5.91 Å². The number of amides is 1. The van der Waals surface area contributed by atoms with Crippen molar-refractivity contribution in [2.75, 3.05) is 32.1 Å². The van der Waals surface area contributed by atoms with Gasteiger partial charge in [-0.15, -0.1) is 0 Å². The fourth-order valence-corrected chi connectivity index (χ4v) is 4.01. The number of likely N-dealkylation sites (tertiary alicyclic amines) is 1. The number of anilines is 2. The molecule has 1 aliphatic heterocycles. The van der Waals surface area contributed by atoms with Crippen LogP contribution in [0.3, 0.4) is 0 Å². The lowest BCUT2D eigenvalue weighted by Gasteiger charge is -2.24. The molecule has 2 atom stereocenters. The van der Waals surface area contributed by atoms with E-state index < -0.39 is 11.9 Å². The number of ether oxygens (including phenoxy) is 2. The number of aliphatic hydroxyl groups is 1. The molecule has 0 bridgehead atoms. The number of hydrogen-bond donors (Lipinski definition) is 3. The van der Waals surface area contributed by atoms with Crippen molar-refractivity contribution in [1.82, 2.24) is 14.9 Å². The van der Waals surface area contributed by atoms with E-state index in [1.807, 2.05) is 0 Å². The number of aliphatic hydroxyl groups excluding tert-OH is 1. The summed E-state index contributed by atoms with van der Waals surface area (Å²) in [5.74, 6) is 0.575. The van der Waals surface area contributed by atoms with E-state index in [1.165, 1.54) is 36.5 Å². The highest BCUT2D eigenvalue weighted by atomic mass is 35.5. The largest absolute Gasteiger partial charge is 0.497 e. The van der Waals surface area contributed by atoms with Crippen LogP contribution in [0.1, 0.15) is 6.42 Å². The van der Waals surface area contributed by atoms with Gasteiger partial charge in [-0.25, -0.2) is 14.4 Å². The summed E-state index contributed by atoms with van der Waals surface area (Å²) in [6.45, 7) is 0.194. The minimum absolute atomic E-state index is 0.0269. The summed E-state index contributed by atoms with van der Waals surface area (Å²) in [4.78, 5) is 22.3. The van der Waals surface area contributed by atoms with E-state index in [0.717, 1.165) is 0 Å². The van der Waals surface area contributed by atoms with Gasteiger partial charge < -0.3 is 30.5 Å². The van der Waals surface area contributed by atoms with Gasteiger partial charge in [0.1, 0.15) is 36.1 Å². The van der Waals surface area contributed by atoms with Crippen molar-refractivity contribution in [3.63, 3.8) is 0 Å². The summed E-state index contributed by atoms with van der Waals surface area (Å²) < 4.78 is 25.0. The molecule has 0 spiro atoms. The lowest BCUT2D eigenvalue weighted by atomic mass is 10.1. The van der Waals surface area contributed by atoms with Crippen LogP contribution < -0.4 is 20.5 Å². The van der Waals surface area contributed by atoms with Crippen molar-refractivity contribution >= 4 is 39.9 Å². The summed E-state index contributed by atoms with van der Waals surface area (Å²) in [5.41, 5.74) is 6.59. The highest BCUT2D eigenvalue weighted by Crippen LogP contribution is 2.36. The Hall–Kier alpha value is -3.21. The summed E-state index contributed by atoms with van der Waals surface area (Å²) in [6.07, 6.45) is 1.12. The number of nitrogens with zero attached hydrogens (tertiary/aromatic N) is 3. The first-order valence-corrected chi connectivity index (χ1v) is 10.6. The first-order valence-electron chi connectivity index (χ1n) is 10.2. The summed E-state index contributed by atoms with van der Waals surface area (Å²) in [6, 6.07) is 7.32. The van der Waals surface area contributed by atoms with Crippen LogP contribution in [0.15, 0.2) is 36.7 Å². The number of β-amino-alcohol motifs (C(OH)–C–C–N with tert-alkyl or cyclic N) is 1. The Labute approximate surface area is 194 Å². The Morgan fingerprint density at radius 2 is 2.18 bits per heavy atom. The first kappa shape index (κ1) is 23.0. The number of fused-ring (bicyclic) bond motifs is 1. The molecule has 2 heterocycles. The maximum Gasteiger partial charge on any atom is 0.236 e. The summed E-state index contributed by atoms with van der Waals surface area (Å²) in [7, 11) is 1.53. The predicted octanol–water partition coefficient (Wildman–Crippen LogP) is 2.47. The molecule has 174 valence electrons. The van der Waals surface area contributed by atoms with Crippen molar-refractivity contribution in [2.45, 2.75) is 18.6 Å². The van der Waals surface area contributed by atoms with Gasteiger partial charge in [0.25, 0.3) is 0 Å². The Kier molecular flexibility index (Phi) is 6.77. The smallest absolute Gasteiger partial charge is 0.236 e. The van der Waals surface area contributed by atoms with E-state index in [9.17, 15) is 14.3 Å². The van der Waals surface area contributed by atoms with Gasteiger partial charge >= 0.3 is 0 Å². The van der Waals surface area contributed by atoms with Gasteiger partial charge in [-0.3, -0.25) is 4.79 Å². The van der Waals surface area contributed by atoms with Crippen molar-refractivity contribution in [3.8, 4) is 11.5 Å². The fourth-order valence-electron chi connectivity index (χ4n) is 3.83. The predicted molar refractivity (Wildman–Crippen MR) is 121 cm³/mol. The molecule has 1 saturated heterocycles. The molecule has 3 aromatic rings. The molecule has 9 nitrogen and oxygen atoms in total. The molecule has 1 fully saturated rings. The minimum atomic E-state index is -0.639.